The van der Waals surface area contributed by atoms with Crippen molar-refractivity contribution in [1.29, 1.82) is 0 Å². The maximum Gasteiger partial charge on any atom is 0.223 e. The van der Waals surface area contributed by atoms with Gasteiger partial charge in [0.15, 0.2) is 0 Å². The fraction of sp³-hybridized carbons (Fsp3) is 0.923. The van der Waals surface area contributed by atoms with Crippen molar-refractivity contribution in [2.24, 2.45) is 5.92 Å². The van der Waals surface area contributed by atoms with Crippen LogP contribution < -0.4 is 5.32 Å². The van der Waals surface area contributed by atoms with Gasteiger partial charge in [-0.25, -0.2) is 0 Å². The smallest absolute Gasteiger partial charge is 0.223 e. The summed E-state index contributed by atoms with van der Waals surface area (Å²) in [5, 5.41) is 3.31. The van der Waals surface area contributed by atoms with E-state index in [1.807, 2.05) is 4.90 Å². The van der Waals surface area contributed by atoms with Crippen LogP contribution in [-0.2, 0) is 4.79 Å². The van der Waals surface area contributed by atoms with Gasteiger partial charge in [-0.2, -0.15) is 0 Å². The Balaban J connectivity index is 2.05. The van der Waals surface area contributed by atoms with E-state index in [1.165, 1.54) is 12.8 Å². The Morgan fingerprint density at radius 3 is 2.53 bits per heavy atom. The molecule has 1 amide bonds. The molecule has 1 fully saturated rings. The Bertz CT molecular complexity index is 223. The third-order valence-corrected chi connectivity index (χ3v) is 3.39. The van der Waals surface area contributed by atoms with E-state index in [-0.39, 0.29) is 0 Å². The van der Waals surface area contributed by atoms with E-state index in [4.69, 9.17) is 0 Å². The lowest BCUT2D eigenvalue weighted by Crippen LogP contribution is -2.39. The molecule has 4 heteroatoms. The highest BCUT2D eigenvalue weighted by atomic mass is 16.2. The lowest BCUT2D eigenvalue weighted by molar-refractivity contribution is -0.132. The number of hydrogen-bond donors (Lipinski definition) is 1. The fourth-order valence-electron chi connectivity index (χ4n) is 2.04. The van der Waals surface area contributed by atoms with Gasteiger partial charge in [0, 0.05) is 39.1 Å². The zero-order valence-electron chi connectivity index (χ0n) is 11.5. The molecule has 0 aromatic rings. The van der Waals surface area contributed by atoms with E-state index in [0.29, 0.717) is 12.3 Å². The Morgan fingerprint density at radius 2 is 1.94 bits per heavy atom. The Hall–Kier alpha value is -0.610. The summed E-state index contributed by atoms with van der Waals surface area (Å²) in [4.78, 5) is 16.0. The third-order valence-electron chi connectivity index (χ3n) is 3.39. The molecule has 1 heterocycles. The van der Waals surface area contributed by atoms with Crippen LogP contribution in [0.2, 0.25) is 0 Å². The fourth-order valence-corrected chi connectivity index (χ4v) is 2.04. The highest BCUT2D eigenvalue weighted by Crippen LogP contribution is 2.16. The van der Waals surface area contributed by atoms with Crippen LogP contribution in [0.25, 0.3) is 0 Å². The van der Waals surface area contributed by atoms with Crippen molar-refractivity contribution in [3.05, 3.63) is 0 Å². The molecule has 1 rings (SSSR count). The zero-order valence-corrected chi connectivity index (χ0v) is 11.5. The number of amides is 1. The van der Waals surface area contributed by atoms with Crippen molar-refractivity contribution in [2.45, 2.75) is 26.2 Å². The van der Waals surface area contributed by atoms with E-state index < -0.39 is 0 Å². The summed E-state index contributed by atoms with van der Waals surface area (Å²) in [6, 6.07) is 0. The Morgan fingerprint density at radius 1 is 1.29 bits per heavy atom. The van der Waals surface area contributed by atoms with Crippen LogP contribution in [0.1, 0.15) is 26.2 Å². The molecule has 0 spiro atoms. The summed E-state index contributed by atoms with van der Waals surface area (Å²) in [5.41, 5.74) is 0. The van der Waals surface area contributed by atoms with Crippen LogP contribution in [0.3, 0.4) is 0 Å². The highest BCUT2D eigenvalue weighted by Gasteiger charge is 2.19. The number of rotatable bonds is 6. The first-order valence-electron chi connectivity index (χ1n) is 6.73. The van der Waals surface area contributed by atoms with Crippen molar-refractivity contribution in [3.63, 3.8) is 0 Å². The molecule has 4 nitrogen and oxygen atoms in total. The van der Waals surface area contributed by atoms with E-state index in [2.05, 4.69) is 31.2 Å². The quantitative estimate of drug-likeness (QED) is 0.698. The summed E-state index contributed by atoms with van der Waals surface area (Å²) in [6.45, 7) is 6.96. The van der Waals surface area contributed by atoms with Gasteiger partial charge in [0.25, 0.3) is 0 Å². The SMILES string of the molecule is CC1CCN(C(=O)CCNCCN(C)C)CC1. The molecule has 1 saturated heterocycles. The maximum atomic E-state index is 11.9. The molecule has 1 N–H and O–H groups in total. The van der Waals surface area contributed by atoms with Crippen LogP contribution in [0.15, 0.2) is 0 Å². The van der Waals surface area contributed by atoms with Gasteiger partial charge >= 0.3 is 0 Å². The summed E-state index contributed by atoms with van der Waals surface area (Å²) in [5.74, 6) is 1.10. The monoisotopic (exact) mass is 241 g/mol. The number of likely N-dealkylation sites (N-methyl/N-ethyl adjacent to an activating group) is 1. The molecule has 100 valence electrons. The summed E-state index contributed by atoms with van der Waals surface area (Å²) >= 11 is 0. The van der Waals surface area contributed by atoms with E-state index in [9.17, 15) is 4.79 Å². The Kier molecular flexibility index (Phi) is 6.52. The summed E-state index contributed by atoms with van der Waals surface area (Å²) in [6.07, 6.45) is 2.97. The second kappa shape index (κ2) is 7.67. The molecule has 0 aliphatic carbocycles. The van der Waals surface area contributed by atoms with Gasteiger partial charge in [-0.05, 0) is 32.9 Å². The molecule has 17 heavy (non-hydrogen) atoms. The maximum absolute atomic E-state index is 11.9. The minimum Gasteiger partial charge on any atom is -0.343 e. The number of nitrogens with one attached hydrogen (secondary N) is 1. The zero-order chi connectivity index (χ0) is 12.7. The normalized spacial score (nSPS) is 17.8. The third kappa shape index (κ3) is 6.03. The predicted molar refractivity (Wildman–Crippen MR) is 71.0 cm³/mol. The topological polar surface area (TPSA) is 35.6 Å². The second-order valence-corrected chi connectivity index (χ2v) is 5.37. The van der Waals surface area contributed by atoms with E-state index >= 15 is 0 Å². The van der Waals surface area contributed by atoms with Crippen LogP contribution in [0, 0.1) is 5.92 Å². The molecule has 0 radical (unpaired) electrons. The van der Waals surface area contributed by atoms with Crippen LogP contribution >= 0.6 is 0 Å². The van der Waals surface area contributed by atoms with Gasteiger partial charge in [-0.3, -0.25) is 4.79 Å². The average Bonchev–Trinajstić information content (AvgIpc) is 2.29. The number of carbonyl (C=O) groups excluding carboxylic acids is 1. The summed E-state index contributed by atoms with van der Waals surface area (Å²) in [7, 11) is 4.11. The standard InChI is InChI=1S/C13H27N3O/c1-12-5-9-16(10-6-12)13(17)4-7-14-8-11-15(2)3/h12,14H,4-11H2,1-3H3. The Labute approximate surface area is 105 Å². The van der Waals surface area contributed by atoms with Crippen LogP contribution in [0.5, 0.6) is 0 Å². The van der Waals surface area contributed by atoms with Crippen LogP contribution in [0.4, 0.5) is 0 Å². The molecule has 0 aromatic carbocycles. The van der Waals surface area contributed by atoms with Crippen LogP contribution in [-0.4, -0.2) is 62.5 Å². The predicted octanol–water partition coefficient (Wildman–Crippen LogP) is 0.786. The van der Waals surface area contributed by atoms with Crippen molar-refractivity contribution < 1.29 is 4.79 Å². The lowest BCUT2D eigenvalue weighted by atomic mass is 9.99. The number of likely N-dealkylation sites (tertiary alicyclic amines) is 1. The molecule has 0 unspecified atom stereocenters. The molecule has 0 aromatic heterocycles. The minimum atomic E-state index is 0.314. The molecular weight excluding hydrogens is 214 g/mol. The van der Waals surface area contributed by atoms with Gasteiger partial charge in [-0.1, -0.05) is 6.92 Å². The largest absolute Gasteiger partial charge is 0.343 e. The average molecular weight is 241 g/mol. The number of hydrogen-bond acceptors (Lipinski definition) is 3. The van der Waals surface area contributed by atoms with Gasteiger partial charge in [0.1, 0.15) is 0 Å². The van der Waals surface area contributed by atoms with E-state index in [1.54, 1.807) is 0 Å². The number of piperidine rings is 1. The number of carbonyl (C=O) groups is 1. The van der Waals surface area contributed by atoms with Gasteiger partial charge in [0.2, 0.25) is 5.91 Å². The first-order valence-corrected chi connectivity index (χ1v) is 6.73. The van der Waals surface area contributed by atoms with E-state index in [0.717, 1.165) is 38.6 Å². The van der Waals surface area contributed by atoms with Crippen molar-refractivity contribution in [3.8, 4) is 0 Å². The molecule has 0 bridgehead atoms. The summed E-state index contributed by atoms with van der Waals surface area (Å²) < 4.78 is 0. The van der Waals surface area contributed by atoms with Crippen molar-refractivity contribution in [2.75, 3.05) is 46.8 Å². The van der Waals surface area contributed by atoms with Crippen molar-refractivity contribution in [1.82, 2.24) is 15.1 Å². The number of nitrogens with zero attached hydrogens (tertiary/aromatic N) is 2. The molecule has 1 aliphatic heterocycles. The minimum absolute atomic E-state index is 0.314. The molecule has 0 saturated carbocycles. The van der Waals surface area contributed by atoms with Gasteiger partial charge < -0.3 is 15.1 Å². The molecular formula is C13H27N3O. The van der Waals surface area contributed by atoms with Gasteiger partial charge in [-0.15, -0.1) is 0 Å². The first kappa shape index (κ1) is 14.5. The highest BCUT2D eigenvalue weighted by molar-refractivity contribution is 5.76. The second-order valence-electron chi connectivity index (χ2n) is 5.37. The lowest BCUT2D eigenvalue weighted by Gasteiger charge is -2.30. The van der Waals surface area contributed by atoms with Crippen molar-refractivity contribution >= 4 is 5.91 Å². The van der Waals surface area contributed by atoms with Gasteiger partial charge in [0.05, 0.1) is 0 Å². The molecule has 0 atom stereocenters. The molecule has 1 aliphatic rings. The first-order chi connectivity index (χ1) is 8.09.